The lowest BCUT2D eigenvalue weighted by Crippen LogP contribution is -2.56. The van der Waals surface area contributed by atoms with Crippen LogP contribution in [-0.4, -0.2) is 59.9 Å². The van der Waals surface area contributed by atoms with Crippen LogP contribution in [0.1, 0.15) is 18.4 Å². The van der Waals surface area contributed by atoms with Crippen molar-refractivity contribution in [3.8, 4) is 11.5 Å². The zero-order valence-corrected chi connectivity index (χ0v) is 15.5. The Morgan fingerprint density at radius 2 is 1.96 bits per heavy atom. The standard InChI is InChI=1S/C15H17F3N4O4S/c1-8-14(23)21(3)4-5-22(8)27(24,25)12-7-11(26-9(12)2)10-6-13(20-19-10)15(16,17)18/h6-8H,4-5H2,1-3H3,(H,19,20). The molecule has 1 aliphatic heterocycles. The van der Waals surface area contributed by atoms with Gasteiger partial charge < -0.3 is 9.32 Å². The zero-order valence-electron chi connectivity index (χ0n) is 14.7. The van der Waals surface area contributed by atoms with Gasteiger partial charge in [-0.1, -0.05) is 0 Å². The number of nitrogens with zero attached hydrogens (tertiary/aromatic N) is 3. The van der Waals surface area contributed by atoms with Gasteiger partial charge in [0.2, 0.25) is 15.9 Å². The normalized spacial score (nSPS) is 19.7. The molecular weight excluding hydrogens is 389 g/mol. The summed E-state index contributed by atoms with van der Waals surface area (Å²) in [5.41, 5.74) is -1.25. The molecule has 1 N–H and O–H groups in total. The quantitative estimate of drug-likeness (QED) is 0.839. The van der Waals surface area contributed by atoms with Gasteiger partial charge in [0.15, 0.2) is 5.76 Å². The van der Waals surface area contributed by atoms with Gasteiger partial charge in [-0.15, -0.1) is 0 Å². The van der Waals surface area contributed by atoms with Crippen LogP contribution in [0.3, 0.4) is 0 Å². The molecule has 27 heavy (non-hydrogen) atoms. The van der Waals surface area contributed by atoms with Crippen molar-refractivity contribution in [2.75, 3.05) is 20.1 Å². The summed E-state index contributed by atoms with van der Waals surface area (Å²) in [6, 6.07) is 0.960. The number of rotatable bonds is 3. The van der Waals surface area contributed by atoms with Crippen LogP contribution in [0.25, 0.3) is 11.5 Å². The van der Waals surface area contributed by atoms with E-state index in [4.69, 9.17) is 4.42 Å². The first-order valence-corrected chi connectivity index (χ1v) is 9.37. The molecule has 3 heterocycles. The number of aromatic nitrogens is 2. The van der Waals surface area contributed by atoms with E-state index in [1.54, 1.807) is 7.05 Å². The van der Waals surface area contributed by atoms with Crippen molar-refractivity contribution in [1.29, 1.82) is 0 Å². The van der Waals surface area contributed by atoms with E-state index >= 15 is 0 Å². The summed E-state index contributed by atoms with van der Waals surface area (Å²) in [6.45, 7) is 3.21. The van der Waals surface area contributed by atoms with Gasteiger partial charge in [-0.05, 0) is 19.9 Å². The molecule has 8 nitrogen and oxygen atoms in total. The van der Waals surface area contributed by atoms with Gasteiger partial charge in [0, 0.05) is 26.2 Å². The number of hydrogen-bond acceptors (Lipinski definition) is 5. The number of furan rings is 1. The first-order valence-electron chi connectivity index (χ1n) is 7.93. The highest BCUT2D eigenvalue weighted by molar-refractivity contribution is 7.89. The van der Waals surface area contributed by atoms with Crippen LogP contribution in [-0.2, 0) is 21.0 Å². The van der Waals surface area contributed by atoms with Crippen LogP contribution < -0.4 is 0 Å². The Labute approximate surface area is 153 Å². The number of piperazine rings is 1. The molecule has 1 atom stereocenters. The van der Waals surface area contributed by atoms with E-state index in [1.165, 1.54) is 18.7 Å². The highest BCUT2D eigenvalue weighted by atomic mass is 32.2. The van der Waals surface area contributed by atoms with E-state index in [9.17, 15) is 26.4 Å². The molecule has 148 valence electrons. The molecule has 1 unspecified atom stereocenters. The zero-order chi connectivity index (χ0) is 20.1. The maximum atomic E-state index is 13.0. The van der Waals surface area contributed by atoms with Gasteiger partial charge in [0.1, 0.15) is 28.1 Å². The molecule has 1 saturated heterocycles. The molecule has 1 aliphatic rings. The Bertz CT molecular complexity index is 980. The number of alkyl halides is 3. The minimum atomic E-state index is -4.61. The minimum Gasteiger partial charge on any atom is -0.458 e. The second-order valence-electron chi connectivity index (χ2n) is 6.25. The fourth-order valence-electron chi connectivity index (χ4n) is 2.89. The summed E-state index contributed by atoms with van der Waals surface area (Å²) in [6.07, 6.45) is -4.61. The number of carbonyl (C=O) groups is 1. The van der Waals surface area contributed by atoms with Crippen molar-refractivity contribution in [2.45, 2.75) is 31.0 Å². The van der Waals surface area contributed by atoms with E-state index in [0.29, 0.717) is 0 Å². The van der Waals surface area contributed by atoms with Crippen molar-refractivity contribution < 1.29 is 30.8 Å². The number of amides is 1. The number of aryl methyl sites for hydroxylation is 1. The Kier molecular flexibility index (Phi) is 4.58. The number of sulfonamides is 1. The Morgan fingerprint density at radius 1 is 1.30 bits per heavy atom. The Morgan fingerprint density at radius 3 is 2.56 bits per heavy atom. The Balaban J connectivity index is 1.96. The monoisotopic (exact) mass is 406 g/mol. The molecule has 0 aromatic carbocycles. The fourth-order valence-corrected chi connectivity index (χ4v) is 4.63. The van der Waals surface area contributed by atoms with Gasteiger partial charge in [-0.3, -0.25) is 9.89 Å². The van der Waals surface area contributed by atoms with Gasteiger partial charge >= 0.3 is 6.18 Å². The number of carbonyl (C=O) groups excluding carboxylic acids is 1. The van der Waals surface area contributed by atoms with Crippen LogP contribution in [0.15, 0.2) is 21.4 Å². The van der Waals surface area contributed by atoms with Crippen LogP contribution >= 0.6 is 0 Å². The lowest BCUT2D eigenvalue weighted by atomic mass is 10.2. The first kappa shape index (κ1) is 19.4. The summed E-state index contributed by atoms with van der Waals surface area (Å²) in [7, 11) is -2.49. The third-order valence-corrected chi connectivity index (χ3v) is 6.49. The van der Waals surface area contributed by atoms with Crippen LogP contribution in [0.4, 0.5) is 13.2 Å². The van der Waals surface area contributed by atoms with E-state index in [0.717, 1.165) is 16.4 Å². The average molecular weight is 406 g/mol. The van der Waals surface area contributed by atoms with Crippen molar-refractivity contribution >= 4 is 15.9 Å². The van der Waals surface area contributed by atoms with Gasteiger partial charge in [0.05, 0.1) is 0 Å². The van der Waals surface area contributed by atoms with Crippen molar-refractivity contribution in [3.05, 3.63) is 23.6 Å². The first-order chi connectivity index (χ1) is 12.4. The lowest BCUT2D eigenvalue weighted by Gasteiger charge is -2.36. The van der Waals surface area contributed by atoms with Crippen molar-refractivity contribution in [1.82, 2.24) is 19.4 Å². The third kappa shape index (κ3) is 3.34. The topological polar surface area (TPSA) is 99.5 Å². The summed E-state index contributed by atoms with van der Waals surface area (Å²) in [5, 5.41) is 5.38. The van der Waals surface area contributed by atoms with Gasteiger partial charge in [-0.25, -0.2) is 8.42 Å². The van der Waals surface area contributed by atoms with E-state index in [1.807, 2.05) is 5.10 Å². The SMILES string of the molecule is Cc1oc(-c2cc(C(F)(F)F)[nH]n2)cc1S(=O)(=O)N1CCN(C)C(=O)C1C. The maximum absolute atomic E-state index is 13.0. The number of H-pyrrole nitrogens is 1. The Hall–Kier alpha value is -2.34. The third-order valence-electron chi connectivity index (χ3n) is 4.42. The maximum Gasteiger partial charge on any atom is 0.432 e. The predicted octanol–water partition coefficient (Wildman–Crippen LogP) is 1.85. The smallest absolute Gasteiger partial charge is 0.432 e. The molecule has 1 amide bonds. The van der Waals surface area contributed by atoms with Crippen LogP contribution in [0.2, 0.25) is 0 Å². The largest absolute Gasteiger partial charge is 0.458 e. The summed E-state index contributed by atoms with van der Waals surface area (Å²) in [5.74, 6) is -0.459. The van der Waals surface area contributed by atoms with E-state index in [-0.39, 0.29) is 41.1 Å². The molecule has 1 fully saturated rings. The second-order valence-corrected chi connectivity index (χ2v) is 8.11. The molecule has 0 bridgehead atoms. The van der Waals surface area contributed by atoms with Crippen molar-refractivity contribution in [3.63, 3.8) is 0 Å². The highest BCUT2D eigenvalue weighted by Crippen LogP contribution is 2.34. The molecule has 0 aliphatic carbocycles. The molecule has 2 aromatic heterocycles. The predicted molar refractivity (Wildman–Crippen MR) is 87.0 cm³/mol. The fraction of sp³-hybridized carbons (Fsp3) is 0.467. The molecule has 0 saturated carbocycles. The number of aromatic amines is 1. The molecule has 12 heteroatoms. The number of halogens is 3. The average Bonchev–Trinajstić information content (AvgIpc) is 3.18. The van der Waals surface area contributed by atoms with Gasteiger partial charge in [-0.2, -0.15) is 22.6 Å². The minimum absolute atomic E-state index is 0.000126. The van der Waals surface area contributed by atoms with Crippen molar-refractivity contribution in [2.24, 2.45) is 0 Å². The van der Waals surface area contributed by atoms with E-state index < -0.39 is 27.9 Å². The molecule has 3 rings (SSSR count). The molecule has 0 radical (unpaired) electrons. The van der Waals surface area contributed by atoms with Crippen LogP contribution in [0.5, 0.6) is 0 Å². The second kappa shape index (κ2) is 6.37. The highest BCUT2D eigenvalue weighted by Gasteiger charge is 2.40. The lowest BCUT2D eigenvalue weighted by molar-refractivity contribution is -0.141. The number of nitrogens with one attached hydrogen (secondary N) is 1. The molecule has 2 aromatic rings. The summed E-state index contributed by atoms with van der Waals surface area (Å²) < 4.78 is 70.4. The molecular formula is C15H17F3N4O4S. The summed E-state index contributed by atoms with van der Waals surface area (Å²) >= 11 is 0. The van der Waals surface area contributed by atoms with E-state index in [2.05, 4.69) is 5.10 Å². The molecule has 0 spiro atoms. The van der Waals surface area contributed by atoms with Gasteiger partial charge in [0.25, 0.3) is 0 Å². The number of likely N-dealkylation sites (N-methyl/N-ethyl adjacent to an activating group) is 1. The van der Waals surface area contributed by atoms with Crippen LogP contribution in [0, 0.1) is 6.92 Å². The number of hydrogen-bond donors (Lipinski definition) is 1. The summed E-state index contributed by atoms with van der Waals surface area (Å²) in [4.78, 5) is 13.3.